The summed E-state index contributed by atoms with van der Waals surface area (Å²) in [5, 5.41) is 3.05. The second-order valence-corrected chi connectivity index (χ2v) is 10.3. The van der Waals surface area contributed by atoms with E-state index >= 15 is 0 Å². The summed E-state index contributed by atoms with van der Waals surface area (Å²) < 4.78 is 40.6. The van der Waals surface area contributed by atoms with Crippen LogP contribution < -0.4 is 5.32 Å². The average molecular weight is 482 g/mol. The van der Waals surface area contributed by atoms with Gasteiger partial charge >= 0.3 is 0 Å². The lowest BCUT2D eigenvalue weighted by molar-refractivity contribution is -0.120. The van der Waals surface area contributed by atoms with Crippen molar-refractivity contribution in [1.29, 1.82) is 0 Å². The molecule has 1 amide bonds. The van der Waals surface area contributed by atoms with Crippen molar-refractivity contribution in [3.8, 4) is 11.1 Å². The van der Waals surface area contributed by atoms with Crippen molar-refractivity contribution in [2.75, 3.05) is 31.5 Å². The molecule has 1 fully saturated rings. The molecule has 1 aliphatic heterocycles. The number of carbonyl (C=O) groups excluding carboxylic acids is 1. The minimum absolute atomic E-state index is 0.0747. The van der Waals surface area contributed by atoms with Gasteiger partial charge in [0, 0.05) is 37.4 Å². The summed E-state index contributed by atoms with van der Waals surface area (Å²) in [6, 6.07) is 22.0. The second kappa shape index (κ2) is 10.5. The van der Waals surface area contributed by atoms with Crippen LogP contribution in [0.4, 0.5) is 10.1 Å². The van der Waals surface area contributed by atoms with Crippen molar-refractivity contribution in [2.24, 2.45) is 0 Å². The number of benzene rings is 3. The minimum atomic E-state index is -3.72. The third-order valence-electron chi connectivity index (χ3n) is 6.14. The van der Waals surface area contributed by atoms with E-state index < -0.39 is 21.9 Å². The normalized spacial score (nSPS) is 16.5. The number of anilines is 1. The Morgan fingerprint density at radius 2 is 1.56 bits per heavy atom. The first-order chi connectivity index (χ1) is 16.4. The van der Waals surface area contributed by atoms with E-state index in [1.165, 1.54) is 16.4 Å². The van der Waals surface area contributed by atoms with Crippen LogP contribution in [-0.2, 0) is 14.8 Å². The van der Waals surface area contributed by atoms with Crippen LogP contribution in [0.5, 0.6) is 0 Å². The van der Waals surface area contributed by atoms with Gasteiger partial charge in [0.1, 0.15) is 5.82 Å². The number of amides is 1. The van der Waals surface area contributed by atoms with E-state index in [4.69, 9.17) is 0 Å². The Bertz CT molecular complexity index is 1230. The van der Waals surface area contributed by atoms with Gasteiger partial charge in [-0.3, -0.25) is 9.69 Å². The molecule has 0 bridgehead atoms. The molecule has 1 N–H and O–H groups in total. The number of hydrogen-bond acceptors (Lipinski definition) is 4. The van der Waals surface area contributed by atoms with Crippen LogP contribution in [0.2, 0.25) is 0 Å². The topological polar surface area (TPSA) is 69.7 Å². The third-order valence-corrected chi connectivity index (χ3v) is 8.05. The lowest BCUT2D eigenvalue weighted by Crippen LogP contribution is -2.44. The highest BCUT2D eigenvalue weighted by Crippen LogP contribution is 2.28. The van der Waals surface area contributed by atoms with Crippen LogP contribution in [-0.4, -0.2) is 55.8 Å². The summed E-state index contributed by atoms with van der Waals surface area (Å²) in [4.78, 5) is 15.2. The van der Waals surface area contributed by atoms with Crippen molar-refractivity contribution in [3.05, 3.63) is 84.7 Å². The molecule has 0 radical (unpaired) electrons. The van der Waals surface area contributed by atoms with E-state index in [0.717, 1.165) is 28.9 Å². The van der Waals surface area contributed by atoms with Gasteiger partial charge in [0.25, 0.3) is 0 Å². The van der Waals surface area contributed by atoms with Gasteiger partial charge in [-0.2, -0.15) is 4.31 Å². The number of nitrogens with one attached hydrogen (secondary N) is 1. The maximum Gasteiger partial charge on any atom is 0.243 e. The Morgan fingerprint density at radius 3 is 2.29 bits per heavy atom. The minimum Gasteiger partial charge on any atom is -0.324 e. The quantitative estimate of drug-likeness (QED) is 0.573. The molecule has 0 aromatic heterocycles. The van der Waals surface area contributed by atoms with Gasteiger partial charge in [0.15, 0.2) is 0 Å². The Balaban J connectivity index is 1.43. The molecule has 1 aliphatic rings. The van der Waals surface area contributed by atoms with Crippen LogP contribution in [0.15, 0.2) is 83.8 Å². The molecule has 1 heterocycles. The monoisotopic (exact) mass is 481 g/mol. The van der Waals surface area contributed by atoms with Crippen molar-refractivity contribution in [1.82, 2.24) is 9.21 Å². The molecular weight excluding hydrogens is 453 g/mol. The fraction of sp³-hybridized carbons (Fsp3) is 0.269. The number of hydrogen-bond donors (Lipinski definition) is 1. The first-order valence-electron chi connectivity index (χ1n) is 11.3. The zero-order valence-electron chi connectivity index (χ0n) is 19.0. The van der Waals surface area contributed by atoms with Gasteiger partial charge in [0.05, 0.1) is 10.9 Å². The Labute approximate surface area is 200 Å². The zero-order valence-corrected chi connectivity index (χ0v) is 19.8. The van der Waals surface area contributed by atoms with E-state index in [-0.39, 0.29) is 17.3 Å². The number of carbonyl (C=O) groups is 1. The van der Waals surface area contributed by atoms with Crippen molar-refractivity contribution in [2.45, 2.75) is 24.3 Å². The van der Waals surface area contributed by atoms with E-state index in [1.807, 2.05) is 66.4 Å². The molecule has 0 unspecified atom stereocenters. The molecular formula is C26H28FN3O3S. The summed E-state index contributed by atoms with van der Waals surface area (Å²) >= 11 is 0. The molecule has 8 heteroatoms. The largest absolute Gasteiger partial charge is 0.324 e. The van der Waals surface area contributed by atoms with Gasteiger partial charge in [0.2, 0.25) is 15.9 Å². The lowest BCUT2D eigenvalue weighted by Gasteiger charge is -2.27. The Morgan fingerprint density at radius 1 is 0.882 bits per heavy atom. The standard InChI is InChI=1S/C26H28FN3O3S/c1-20(26(31)28-25-11-6-5-10-24(25)21-8-3-2-4-9-21)29-16-7-17-30(19-18-29)34(32,33)23-14-12-22(27)13-15-23/h2-6,8-15,20H,7,16-19H2,1H3,(H,28,31)/t20-/m0/s1. The number of nitrogens with zero attached hydrogens (tertiary/aromatic N) is 2. The van der Waals surface area contributed by atoms with Gasteiger partial charge < -0.3 is 5.32 Å². The zero-order chi connectivity index (χ0) is 24.1. The smallest absolute Gasteiger partial charge is 0.243 e. The molecule has 0 spiro atoms. The maximum absolute atomic E-state index is 13.2. The molecule has 34 heavy (non-hydrogen) atoms. The van der Waals surface area contributed by atoms with E-state index in [1.54, 1.807) is 0 Å². The van der Waals surface area contributed by atoms with Crippen LogP contribution in [0.25, 0.3) is 11.1 Å². The van der Waals surface area contributed by atoms with Crippen LogP contribution >= 0.6 is 0 Å². The number of para-hydroxylation sites is 1. The predicted octanol–water partition coefficient (Wildman–Crippen LogP) is 4.22. The van der Waals surface area contributed by atoms with Gasteiger partial charge in [-0.25, -0.2) is 12.8 Å². The molecule has 0 saturated carbocycles. The molecule has 178 valence electrons. The molecule has 0 aliphatic carbocycles. The molecule has 3 aromatic rings. The highest BCUT2D eigenvalue weighted by Gasteiger charge is 2.30. The van der Waals surface area contributed by atoms with E-state index in [0.29, 0.717) is 26.1 Å². The fourth-order valence-electron chi connectivity index (χ4n) is 4.16. The molecule has 4 rings (SSSR count). The maximum atomic E-state index is 13.2. The highest BCUT2D eigenvalue weighted by molar-refractivity contribution is 7.89. The Hall–Kier alpha value is -3.07. The van der Waals surface area contributed by atoms with Crippen LogP contribution in [0.3, 0.4) is 0 Å². The van der Waals surface area contributed by atoms with E-state index in [2.05, 4.69) is 5.32 Å². The lowest BCUT2D eigenvalue weighted by atomic mass is 10.0. The van der Waals surface area contributed by atoms with Gasteiger partial charge in [-0.15, -0.1) is 0 Å². The van der Waals surface area contributed by atoms with Gasteiger partial charge in [-0.1, -0.05) is 48.5 Å². The Kier molecular flexibility index (Phi) is 7.41. The van der Waals surface area contributed by atoms with Crippen molar-refractivity contribution in [3.63, 3.8) is 0 Å². The SMILES string of the molecule is C[C@@H](C(=O)Nc1ccccc1-c1ccccc1)N1CCCN(S(=O)(=O)c2ccc(F)cc2)CC1. The highest BCUT2D eigenvalue weighted by atomic mass is 32.2. The van der Waals surface area contributed by atoms with Crippen LogP contribution in [0.1, 0.15) is 13.3 Å². The molecule has 1 saturated heterocycles. The van der Waals surface area contributed by atoms with Crippen LogP contribution in [0, 0.1) is 5.82 Å². The number of halogens is 1. The van der Waals surface area contributed by atoms with Gasteiger partial charge in [-0.05, 0) is 49.2 Å². The van der Waals surface area contributed by atoms with E-state index in [9.17, 15) is 17.6 Å². The molecule has 3 aromatic carbocycles. The molecule has 6 nitrogen and oxygen atoms in total. The fourth-order valence-corrected chi connectivity index (χ4v) is 5.63. The van der Waals surface area contributed by atoms with Crippen molar-refractivity contribution < 1.29 is 17.6 Å². The summed E-state index contributed by atoms with van der Waals surface area (Å²) in [7, 11) is -3.72. The van der Waals surface area contributed by atoms with Crippen molar-refractivity contribution >= 4 is 21.6 Å². The summed E-state index contributed by atoms with van der Waals surface area (Å²) in [5.74, 6) is -0.618. The number of sulfonamides is 1. The average Bonchev–Trinajstić information content (AvgIpc) is 3.12. The molecule has 1 atom stereocenters. The summed E-state index contributed by atoms with van der Waals surface area (Å²) in [5.41, 5.74) is 2.69. The second-order valence-electron chi connectivity index (χ2n) is 8.32. The summed E-state index contributed by atoms with van der Waals surface area (Å²) in [6.45, 7) is 3.48. The first kappa shape index (κ1) is 24.1. The first-order valence-corrected chi connectivity index (χ1v) is 12.8. The predicted molar refractivity (Wildman–Crippen MR) is 131 cm³/mol. The summed E-state index contributed by atoms with van der Waals surface area (Å²) in [6.07, 6.45) is 0.596. The number of rotatable bonds is 6. The third kappa shape index (κ3) is 5.35.